The molecule has 1 fully saturated rings. The van der Waals surface area contributed by atoms with Gasteiger partial charge >= 0.3 is 0 Å². The first-order valence-corrected chi connectivity index (χ1v) is 7.84. The summed E-state index contributed by atoms with van der Waals surface area (Å²) in [6.07, 6.45) is 3.80. The molecule has 1 aliphatic heterocycles. The van der Waals surface area contributed by atoms with Gasteiger partial charge < -0.3 is 10.5 Å². The molecule has 2 N–H and O–H groups in total. The summed E-state index contributed by atoms with van der Waals surface area (Å²) in [5.41, 5.74) is 6.07. The molecule has 1 aromatic rings. The van der Waals surface area contributed by atoms with Gasteiger partial charge in [-0.15, -0.1) is 0 Å². The van der Waals surface area contributed by atoms with Gasteiger partial charge in [0.25, 0.3) is 0 Å². The molecular weight excluding hydrogens is 304 g/mol. The lowest BCUT2D eigenvalue weighted by atomic mass is 9.97. The lowest BCUT2D eigenvalue weighted by Gasteiger charge is -2.37. The van der Waals surface area contributed by atoms with E-state index >= 15 is 0 Å². The van der Waals surface area contributed by atoms with Gasteiger partial charge in [-0.3, -0.25) is 4.90 Å². The molecule has 1 saturated heterocycles. The van der Waals surface area contributed by atoms with E-state index in [1.165, 1.54) is 19.3 Å². The summed E-state index contributed by atoms with van der Waals surface area (Å²) in [7, 11) is 0. The number of ether oxygens (including phenoxy) is 1. The van der Waals surface area contributed by atoms with E-state index in [1.54, 1.807) is 0 Å². The molecule has 0 saturated carbocycles. The van der Waals surface area contributed by atoms with Crippen molar-refractivity contribution in [1.82, 2.24) is 4.90 Å². The maximum atomic E-state index is 6.07. The third kappa shape index (κ3) is 4.48. The van der Waals surface area contributed by atoms with Crippen LogP contribution in [-0.2, 0) is 0 Å². The second-order valence-electron chi connectivity index (χ2n) is 5.26. The highest BCUT2D eigenvalue weighted by atomic mass is 79.9. The minimum absolute atomic E-state index is 0.242. The van der Waals surface area contributed by atoms with Crippen LogP contribution in [0, 0.1) is 0 Å². The highest BCUT2D eigenvalue weighted by molar-refractivity contribution is 9.10. The van der Waals surface area contributed by atoms with Crippen LogP contribution < -0.4 is 10.5 Å². The average Bonchev–Trinajstić information content (AvgIpc) is 2.39. The Morgan fingerprint density at radius 1 is 1.47 bits per heavy atom. The van der Waals surface area contributed by atoms with Gasteiger partial charge in [-0.1, -0.05) is 28.4 Å². The van der Waals surface area contributed by atoms with Crippen molar-refractivity contribution < 1.29 is 4.74 Å². The van der Waals surface area contributed by atoms with Gasteiger partial charge in [0.05, 0.1) is 0 Å². The predicted octanol–water partition coefficient (Wildman–Crippen LogP) is 3.03. The van der Waals surface area contributed by atoms with Crippen LogP contribution in [0.5, 0.6) is 5.75 Å². The van der Waals surface area contributed by atoms with Crippen LogP contribution in [0.2, 0.25) is 0 Å². The van der Waals surface area contributed by atoms with Gasteiger partial charge in [-0.2, -0.15) is 0 Å². The van der Waals surface area contributed by atoms with Crippen molar-refractivity contribution in [3.63, 3.8) is 0 Å². The molecule has 3 nitrogen and oxygen atoms in total. The molecule has 2 atom stereocenters. The molecule has 106 valence electrons. The van der Waals surface area contributed by atoms with Crippen LogP contribution in [0.15, 0.2) is 28.7 Å². The Balaban J connectivity index is 1.81. The number of nitrogens with zero attached hydrogens (tertiary/aromatic N) is 1. The summed E-state index contributed by atoms with van der Waals surface area (Å²) in [5, 5.41) is 0. The molecule has 0 amide bonds. The minimum atomic E-state index is 0.242. The number of hydrogen-bond donors (Lipinski definition) is 1. The molecule has 4 heteroatoms. The van der Waals surface area contributed by atoms with Crippen molar-refractivity contribution in [3.05, 3.63) is 28.7 Å². The van der Waals surface area contributed by atoms with Crippen molar-refractivity contribution in [3.8, 4) is 5.75 Å². The molecular formula is C15H23BrN2O. The molecule has 2 rings (SSSR count). The van der Waals surface area contributed by atoms with E-state index in [-0.39, 0.29) is 6.04 Å². The van der Waals surface area contributed by atoms with E-state index in [1.807, 2.05) is 24.3 Å². The topological polar surface area (TPSA) is 38.5 Å². The van der Waals surface area contributed by atoms with Crippen molar-refractivity contribution >= 4 is 15.9 Å². The Kier molecular flexibility index (Phi) is 5.67. The fourth-order valence-corrected chi connectivity index (χ4v) is 3.11. The summed E-state index contributed by atoms with van der Waals surface area (Å²) in [4.78, 5) is 2.48. The zero-order valence-corrected chi connectivity index (χ0v) is 13.1. The molecule has 1 heterocycles. The predicted molar refractivity (Wildman–Crippen MR) is 82.5 cm³/mol. The number of hydrogen-bond acceptors (Lipinski definition) is 3. The third-order valence-corrected chi connectivity index (χ3v) is 4.21. The summed E-state index contributed by atoms with van der Waals surface area (Å²) in [6.45, 7) is 4.94. The molecule has 0 aliphatic carbocycles. The van der Waals surface area contributed by atoms with Gasteiger partial charge in [0, 0.05) is 23.1 Å². The van der Waals surface area contributed by atoms with E-state index in [0.717, 1.165) is 29.9 Å². The van der Waals surface area contributed by atoms with Gasteiger partial charge in [-0.05, 0) is 44.5 Å². The number of rotatable bonds is 5. The van der Waals surface area contributed by atoms with Crippen LogP contribution in [0.1, 0.15) is 26.2 Å². The Hall–Kier alpha value is -0.580. The number of nitrogens with two attached hydrogens (primary N) is 1. The van der Waals surface area contributed by atoms with Crippen molar-refractivity contribution in [2.24, 2.45) is 5.73 Å². The number of piperidine rings is 1. The van der Waals surface area contributed by atoms with E-state index < -0.39 is 0 Å². The number of benzene rings is 1. The van der Waals surface area contributed by atoms with E-state index in [0.29, 0.717) is 6.04 Å². The van der Waals surface area contributed by atoms with Crippen molar-refractivity contribution in [1.29, 1.82) is 0 Å². The van der Waals surface area contributed by atoms with E-state index in [9.17, 15) is 0 Å². The lowest BCUT2D eigenvalue weighted by Crippen LogP contribution is -2.50. The van der Waals surface area contributed by atoms with Crippen molar-refractivity contribution in [2.45, 2.75) is 38.3 Å². The Labute approximate surface area is 124 Å². The van der Waals surface area contributed by atoms with Crippen LogP contribution >= 0.6 is 15.9 Å². The van der Waals surface area contributed by atoms with Crippen LogP contribution in [0.4, 0.5) is 0 Å². The first-order chi connectivity index (χ1) is 9.16. The second kappa shape index (κ2) is 7.27. The van der Waals surface area contributed by atoms with E-state index in [2.05, 4.69) is 27.8 Å². The molecule has 1 aliphatic rings. The zero-order chi connectivity index (χ0) is 13.7. The van der Waals surface area contributed by atoms with Gasteiger partial charge in [-0.25, -0.2) is 0 Å². The standard InChI is InChI=1S/C15H23BrN2O/c1-12(17)15-7-2-3-8-18(15)9-10-19-14-6-4-5-13(16)11-14/h4-6,11-12,15H,2-3,7-10,17H2,1H3. The fraction of sp³-hybridized carbons (Fsp3) is 0.600. The van der Waals surface area contributed by atoms with Gasteiger partial charge in [0.15, 0.2) is 0 Å². The minimum Gasteiger partial charge on any atom is -0.492 e. The third-order valence-electron chi connectivity index (χ3n) is 3.71. The van der Waals surface area contributed by atoms with Crippen molar-refractivity contribution in [2.75, 3.05) is 19.7 Å². The molecule has 0 radical (unpaired) electrons. The first-order valence-electron chi connectivity index (χ1n) is 7.05. The number of likely N-dealkylation sites (tertiary alicyclic amines) is 1. The average molecular weight is 327 g/mol. The summed E-state index contributed by atoms with van der Waals surface area (Å²) in [5.74, 6) is 0.920. The quantitative estimate of drug-likeness (QED) is 0.903. The summed E-state index contributed by atoms with van der Waals surface area (Å²) in [6, 6.07) is 8.74. The highest BCUT2D eigenvalue weighted by Crippen LogP contribution is 2.20. The molecule has 19 heavy (non-hydrogen) atoms. The molecule has 0 aromatic heterocycles. The maximum absolute atomic E-state index is 6.07. The number of halogens is 1. The molecule has 0 spiro atoms. The van der Waals surface area contributed by atoms with E-state index in [4.69, 9.17) is 10.5 Å². The lowest BCUT2D eigenvalue weighted by molar-refractivity contribution is 0.109. The monoisotopic (exact) mass is 326 g/mol. The molecule has 1 aromatic carbocycles. The van der Waals surface area contributed by atoms with Crippen LogP contribution in [-0.4, -0.2) is 36.7 Å². The molecule has 0 bridgehead atoms. The largest absolute Gasteiger partial charge is 0.492 e. The Morgan fingerprint density at radius 3 is 3.05 bits per heavy atom. The zero-order valence-electron chi connectivity index (χ0n) is 11.5. The maximum Gasteiger partial charge on any atom is 0.120 e. The summed E-state index contributed by atoms with van der Waals surface area (Å²) >= 11 is 3.45. The summed E-state index contributed by atoms with van der Waals surface area (Å²) < 4.78 is 6.86. The Bertz CT molecular complexity index is 397. The van der Waals surface area contributed by atoms with Crippen LogP contribution in [0.25, 0.3) is 0 Å². The van der Waals surface area contributed by atoms with Gasteiger partial charge in [0.1, 0.15) is 12.4 Å². The second-order valence-corrected chi connectivity index (χ2v) is 6.18. The first kappa shape index (κ1) is 14.8. The smallest absolute Gasteiger partial charge is 0.120 e. The highest BCUT2D eigenvalue weighted by Gasteiger charge is 2.24. The molecule has 2 unspecified atom stereocenters. The Morgan fingerprint density at radius 2 is 2.32 bits per heavy atom. The SMILES string of the molecule is CC(N)C1CCCCN1CCOc1cccc(Br)c1. The van der Waals surface area contributed by atoms with Gasteiger partial charge in [0.2, 0.25) is 0 Å². The normalized spacial score (nSPS) is 22.2. The van der Waals surface area contributed by atoms with Crippen LogP contribution in [0.3, 0.4) is 0 Å². The fourth-order valence-electron chi connectivity index (χ4n) is 2.73.